The highest BCUT2D eigenvalue weighted by atomic mass is 27.0. The number of rotatable bonds is 3. The van der Waals surface area contributed by atoms with Gasteiger partial charge in [0.15, 0.2) is 0 Å². The highest BCUT2D eigenvalue weighted by Gasteiger charge is 2.38. The average molecular weight is 272 g/mol. The molecule has 0 aliphatic rings. The van der Waals surface area contributed by atoms with E-state index in [0.29, 0.717) is 0 Å². The molecule has 0 saturated heterocycles. The Morgan fingerprint density at radius 2 is 1.33 bits per heavy atom. The van der Waals surface area contributed by atoms with Crippen LogP contribution in [0.15, 0.2) is 6.07 Å². The quantitative estimate of drug-likeness (QED) is 0.453. The van der Waals surface area contributed by atoms with Crippen LogP contribution in [0.4, 0.5) is 17.1 Å². The first-order valence-electron chi connectivity index (χ1n) is 3.79. The molecule has 0 fully saturated rings. The first-order chi connectivity index (χ1) is 7.77. The fourth-order valence-corrected chi connectivity index (χ4v) is 1.12. The Morgan fingerprint density at radius 3 is 1.67 bits per heavy atom. The van der Waals surface area contributed by atoms with Crippen LogP contribution < -0.4 is 0 Å². The van der Waals surface area contributed by atoms with E-state index in [-0.39, 0.29) is 23.4 Å². The van der Waals surface area contributed by atoms with Crippen LogP contribution in [0, 0.1) is 30.3 Å². The summed E-state index contributed by atoms with van der Waals surface area (Å²) in [5.41, 5.74) is -4.04. The lowest BCUT2D eigenvalue weighted by Crippen LogP contribution is -2.00. The Kier molecular flexibility index (Phi) is 4.54. The molecule has 3 radical (unpaired) electrons. The second-order valence-electron chi connectivity index (χ2n) is 2.73. The van der Waals surface area contributed by atoms with Crippen molar-refractivity contribution in [3.63, 3.8) is 0 Å². The summed E-state index contributed by atoms with van der Waals surface area (Å²) in [7, 11) is 0. The number of hydrogen-bond donors (Lipinski definition) is 2. The van der Waals surface area contributed by atoms with Gasteiger partial charge in [-0.3, -0.25) is 30.3 Å². The fourth-order valence-electron chi connectivity index (χ4n) is 1.12. The number of nitrogens with zero attached hydrogens (tertiary/aromatic N) is 3. The maximum Gasteiger partial charge on any atom is 0.394 e. The molecular weight excluding hydrogens is 269 g/mol. The van der Waals surface area contributed by atoms with Gasteiger partial charge in [-0.2, -0.15) is 0 Å². The minimum atomic E-state index is -1.56. The van der Waals surface area contributed by atoms with Gasteiger partial charge in [0.1, 0.15) is 0 Å². The Bertz CT molecular complexity index is 544. The summed E-state index contributed by atoms with van der Waals surface area (Å²) in [5.74, 6) is -2.79. The van der Waals surface area contributed by atoms with E-state index in [1.54, 1.807) is 0 Å². The van der Waals surface area contributed by atoms with Gasteiger partial charge in [-0.1, -0.05) is 0 Å². The minimum absolute atomic E-state index is 0. The minimum Gasteiger partial charge on any atom is -0.502 e. The van der Waals surface area contributed by atoms with Gasteiger partial charge in [-0.05, 0) is 0 Å². The van der Waals surface area contributed by atoms with Crippen LogP contribution in [0.1, 0.15) is 0 Å². The van der Waals surface area contributed by atoms with E-state index in [1.807, 2.05) is 0 Å². The first kappa shape index (κ1) is 15.6. The topological polar surface area (TPSA) is 170 Å². The molecule has 1 aromatic carbocycles. The Labute approximate surface area is 108 Å². The summed E-state index contributed by atoms with van der Waals surface area (Å²) in [6.07, 6.45) is 0. The van der Waals surface area contributed by atoms with Crippen molar-refractivity contribution in [2.45, 2.75) is 0 Å². The van der Waals surface area contributed by atoms with Crippen LogP contribution in [0.2, 0.25) is 0 Å². The molecule has 0 atom stereocenters. The summed E-state index contributed by atoms with van der Waals surface area (Å²) in [5, 5.41) is 49.5. The van der Waals surface area contributed by atoms with Gasteiger partial charge in [0.25, 0.3) is 5.75 Å². The van der Waals surface area contributed by atoms with Crippen molar-refractivity contribution in [3.05, 3.63) is 36.4 Å². The number of nitro benzene ring substituents is 3. The van der Waals surface area contributed by atoms with Gasteiger partial charge in [0, 0.05) is 17.4 Å². The summed E-state index contributed by atoms with van der Waals surface area (Å²) in [6.45, 7) is 0. The van der Waals surface area contributed by atoms with Crippen LogP contribution in [0.25, 0.3) is 0 Å². The van der Waals surface area contributed by atoms with Gasteiger partial charge >= 0.3 is 17.1 Å². The van der Waals surface area contributed by atoms with Crippen LogP contribution in [-0.2, 0) is 0 Å². The van der Waals surface area contributed by atoms with E-state index in [2.05, 4.69) is 0 Å². The van der Waals surface area contributed by atoms with Gasteiger partial charge in [-0.15, -0.1) is 0 Å². The molecule has 0 aliphatic heterocycles. The second kappa shape index (κ2) is 5.26. The molecule has 0 unspecified atom stereocenters. The maximum atomic E-state index is 10.5. The van der Waals surface area contributed by atoms with Crippen molar-refractivity contribution < 1.29 is 25.0 Å². The van der Waals surface area contributed by atoms with Gasteiger partial charge in [-0.25, -0.2) is 0 Å². The first-order valence-corrected chi connectivity index (χ1v) is 3.79. The molecule has 0 spiro atoms. The maximum absolute atomic E-state index is 10.5. The SMILES string of the molecule is O=[N+]([O-])c1cc(O)c([N+](=O)[O-])c(O)c1[N+](=O)[O-].[Al]. The van der Waals surface area contributed by atoms with Crippen LogP contribution in [-0.4, -0.2) is 42.3 Å². The van der Waals surface area contributed by atoms with Gasteiger partial charge < -0.3 is 10.2 Å². The van der Waals surface area contributed by atoms with Crippen LogP contribution >= 0.6 is 0 Å². The molecule has 2 N–H and O–H groups in total. The van der Waals surface area contributed by atoms with Gasteiger partial charge in [0.2, 0.25) is 5.75 Å². The van der Waals surface area contributed by atoms with Gasteiger partial charge in [0.05, 0.1) is 20.8 Å². The van der Waals surface area contributed by atoms with E-state index in [4.69, 9.17) is 5.11 Å². The van der Waals surface area contributed by atoms with Crippen molar-refractivity contribution in [1.82, 2.24) is 0 Å². The Balaban J connectivity index is 0.00000289. The molecule has 18 heavy (non-hydrogen) atoms. The van der Waals surface area contributed by atoms with E-state index in [9.17, 15) is 35.4 Å². The zero-order chi connectivity index (χ0) is 13.3. The number of phenolic OH excluding ortho intramolecular Hbond substituents is 2. The lowest BCUT2D eigenvalue weighted by molar-refractivity contribution is -0.425. The summed E-state index contributed by atoms with van der Waals surface area (Å²) >= 11 is 0. The monoisotopic (exact) mass is 272 g/mol. The molecule has 12 heteroatoms. The number of hydrogen-bond acceptors (Lipinski definition) is 8. The summed E-state index contributed by atoms with van der Waals surface area (Å²) in [4.78, 5) is 27.4. The second-order valence-corrected chi connectivity index (χ2v) is 2.73. The van der Waals surface area contributed by atoms with Crippen molar-refractivity contribution in [2.24, 2.45) is 0 Å². The molecule has 1 rings (SSSR count). The highest BCUT2D eigenvalue weighted by Crippen LogP contribution is 2.47. The zero-order valence-corrected chi connectivity index (χ0v) is 9.49. The van der Waals surface area contributed by atoms with Crippen LogP contribution in [0.5, 0.6) is 11.5 Å². The standard InChI is InChI=1S/C6H3N3O8.Al/c10-3-1-2(7(12)13)4(8(14)15)6(11)5(3)9(16)17;/h1,10-11H;. The summed E-state index contributed by atoms with van der Waals surface area (Å²) < 4.78 is 0. The molecule has 11 nitrogen and oxygen atoms in total. The third-order valence-corrected chi connectivity index (χ3v) is 1.77. The predicted molar refractivity (Wildman–Crippen MR) is 55.5 cm³/mol. The summed E-state index contributed by atoms with van der Waals surface area (Å²) in [6, 6.07) is 0.232. The molecule has 0 aliphatic carbocycles. The van der Waals surface area contributed by atoms with Crippen molar-refractivity contribution in [1.29, 1.82) is 0 Å². The van der Waals surface area contributed by atoms with E-state index in [1.165, 1.54) is 0 Å². The third kappa shape index (κ3) is 2.45. The normalized spacial score (nSPS) is 9.33. The molecule has 0 aromatic heterocycles. The van der Waals surface area contributed by atoms with Crippen molar-refractivity contribution in [3.8, 4) is 11.5 Å². The zero-order valence-electron chi connectivity index (χ0n) is 8.34. The van der Waals surface area contributed by atoms with E-state index in [0.717, 1.165) is 0 Å². The molecule has 0 heterocycles. The molecule has 1 aromatic rings. The highest BCUT2D eigenvalue weighted by molar-refractivity contribution is 5.75. The molecule has 0 amide bonds. The molecule has 93 valence electrons. The number of benzene rings is 1. The largest absolute Gasteiger partial charge is 0.502 e. The lowest BCUT2D eigenvalue weighted by Gasteiger charge is -2.00. The van der Waals surface area contributed by atoms with Crippen LogP contribution in [0.3, 0.4) is 0 Å². The Morgan fingerprint density at radius 1 is 0.889 bits per heavy atom. The number of phenols is 2. The molecule has 0 bridgehead atoms. The van der Waals surface area contributed by atoms with E-state index < -0.39 is 43.3 Å². The molecular formula is C6H3AlN3O8. The van der Waals surface area contributed by atoms with Crippen molar-refractivity contribution in [2.75, 3.05) is 0 Å². The number of nitro groups is 3. The predicted octanol–water partition coefficient (Wildman–Crippen LogP) is 0.442. The Hall–Kier alpha value is -2.45. The number of aromatic hydroxyl groups is 2. The lowest BCUT2D eigenvalue weighted by atomic mass is 10.2. The smallest absolute Gasteiger partial charge is 0.394 e. The molecule has 0 saturated carbocycles. The third-order valence-electron chi connectivity index (χ3n) is 1.77. The average Bonchev–Trinajstić information content (AvgIpc) is 2.14. The van der Waals surface area contributed by atoms with Crippen molar-refractivity contribution >= 4 is 34.4 Å². The van der Waals surface area contributed by atoms with E-state index >= 15 is 0 Å². The fraction of sp³-hybridized carbons (Fsp3) is 0.